The first kappa shape index (κ1) is 25.0. The Hall–Kier alpha value is -0.610. The lowest BCUT2D eigenvalue weighted by molar-refractivity contribution is -0.128. The summed E-state index contributed by atoms with van der Waals surface area (Å²) in [5.74, 6) is 2.41. The van der Waals surface area contributed by atoms with Gasteiger partial charge in [-0.15, -0.1) is 0 Å². The van der Waals surface area contributed by atoms with Gasteiger partial charge in [0.15, 0.2) is 0 Å². The summed E-state index contributed by atoms with van der Waals surface area (Å²) in [4.78, 5) is 16.4. The molecule has 31 heavy (non-hydrogen) atoms. The molecule has 3 heterocycles. The summed E-state index contributed by atoms with van der Waals surface area (Å²) in [6.45, 7) is 20.5. The molecule has 4 atom stereocenters. The molecule has 3 aliphatic heterocycles. The van der Waals surface area contributed by atoms with Crippen LogP contribution in [0.4, 0.5) is 0 Å². The Labute approximate surface area is 192 Å². The minimum atomic E-state index is 0.246. The summed E-state index contributed by atoms with van der Waals surface area (Å²) in [5, 5.41) is 0. The number of carbonyl (C=O) groups excluding carboxylic acids is 1. The quantitative estimate of drug-likeness (QED) is 0.483. The molecular weight excluding hydrogens is 384 g/mol. The second kappa shape index (κ2) is 9.71. The Balaban J connectivity index is 1.65. The van der Waals surface area contributed by atoms with Crippen LogP contribution in [0.3, 0.4) is 0 Å². The number of hydrogen-bond acceptors (Lipinski definition) is 3. The Bertz CT molecular complexity index is 610. The van der Waals surface area contributed by atoms with Gasteiger partial charge < -0.3 is 14.5 Å². The Morgan fingerprint density at radius 2 is 1.45 bits per heavy atom. The number of carbonyl (C=O) groups is 1. The van der Waals surface area contributed by atoms with Gasteiger partial charge in [-0.2, -0.15) is 0 Å². The zero-order chi connectivity index (χ0) is 22.9. The van der Waals surface area contributed by atoms with E-state index in [2.05, 4.69) is 51.5 Å². The van der Waals surface area contributed by atoms with Gasteiger partial charge in [-0.05, 0) is 92.5 Å². The number of nitrogens with zero attached hydrogens (tertiary/aromatic N) is 2. The third-order valence-electron chi connectivity index (χ3n) is 9.83. The normalized spacial score (nSPS) is 30.2. The van der Waals surface area contributed by atoms with Gasteiger partial charge in [-0.25, -0.2) is 0 Å². The fraction of sp³-hybridized carbons (Fsp3) is 0.963. The number of amides is 1. The van der Waals surface area contributed by atoms with Gasteiger partial charge in [-0.1, -0.05) is 34.6 Å². The molecule has 180 valence electrons. The summed E-state index contributed by atoms with van der Waals surface area (Å²) in [6.07, 6.45) is 8.97. The van der Waals surface area contributed by atoms with Gasteiger partial charge in [0.2, 0.25) is 5.91 Å². The van der Waals surface area contributed by atoms with Crippen molar-refractivity contribution in [1.82, 2.24) is 9.80 Å². The first-order valence-electron chi connectivity index (χ1n) is 12.9. The lowest BCUT2D eigenvalue weighted by Gasteiger charge is -2.43. The summed E-state index contributed by atoms with van der Waals surface area (Å²) in [6, 6.07) is 0. The molecule has 0 aliphatic carbocycles. The molecule has 0 radical (unpaired) electrons. The average Bonchev–Trinajstić information content (AvgIpc) is 3.46. The Morgan fingerprint density at radius 3 is 1.94 bits per heavy atom. The highest BCUT2D eigenvalue weighted by Gasteiger charge is 2.43. The largest absolute Gasteiger partial charge is 0.381 e. The minimum Gasteiger partial charge on any atom is -0.381 e. The van der Waals surface area contributed by atoms with E-state index in [1.54, 1.807) is 6.92 Å². The predicted octanol–water partition coefficient (Wildman–Crippen LogP) is 5.46. The second-order valence-corrected chi connectivity index (χ2v) is 12.9. The van der Waals surface area contributed by atoms with Crippen molar-refractivity contribution in [3.05, 3.63) is 0 Å². The molecule has 0 aromatic carbocycles. The van der Waals surface area contributed by atoms with E-state index >= 15 is 0 Å². The highest BCUT2D eigenvalue weighted by molar-refractivity contribution is 5.73. The smallest absolute Gasteiger partial charge is 0.219 e. The molecular formula is C27H50N2O2. The monoisotopic (exact) mass is 434 g/mol. The molecule has 4 unspecified atom stereocenters. The molecule has 1 amide bonds. The van der Waals surface area contributed by atoms with Gasteiger partial charge >= 0.3 is 0 Å². The molecule has 0 aromatic heterocycles. The molecule has 3 rings (SSSR count). The fourth-order valence-electron chi connectivity index (χ4n) is 6.50. The molecule has 0 spiro atoms. The molecule has 3 aliphatic rings. The van der Waals surface area contributed by atoms with Crippen molar-refractivity contribution in [3.8, 4) is 0 Å². The van der Waals surface area contributed by atoms with Crippen LogP contribution in [0.2, 0.25) is 0 Å². The third kappa shape index (κ3) is 6.05. The minimum absolute atomic E-state index is 0.246. The molecule has 0 N–H and O–H groups in total. The van der Waals surface area contributed by atoms with Crippen LogP contribution < -0.4 is 0 Å². The third-order valence-corrected chi connectivity index (χ3v) is 9.83. The number of likely N-dealkylation sites (tertiary alicyclic amines) is 2. The lowest BCUT2D eigenvalue weighted by atomic mass is 9.63. The van der Waals surface area contributed by atoms with E-state index < -0.39 is 0 Å². The van der Waals surface area contributed by atoms with Gasteiger partial charge in [-0.3, -0.25) is 4.79 Å². The van der Waals surface area contributed by atoms with Crippen molar-refractivity contribution in [2.24, 2.45) is 34.0 Å². The van der Waals surface area contributed by atoms with Crippen LogP contribution in [0.1, 0.15) is 86.5 Å². The van der Waals surface area contributed by atoms with E-state index in [-0.39, 0.29) is 5.91 Å². The van der Waals surface area contributed by atoms with Gasteiger partial charge in [0, 0.05) is 39.8 Å². The van der Waals surface area contributed by atoms with Crippen molar-refractivity contribution in [2.75, 3.05) is 46.4 Å². The predicted molar refractivity (Wildman–Crippen MR) is 129 cm³/mol. The van der Waals surface area contributed by atoms with Crippen LogP contribution in [-0.4, -0.2) is 62.1 Å². The SMILES string of the molecule is CC(=O)N1CCC(C(C)(C)CCC(C)(CCC(C)(C)C2CCOC2)C2CCN(C)C2)C1. The van der Waals surface area contributed by atoms with Crippen molar-refractivity contribution < 1.29 is 9.53 Å². The highest BCUT2D eigenvalue weighted by Crippen LogP contribution is 2.49. The first-order chi connectivity index (χ1) is 14.4. The maximum atomic E-state index is 11.8. The van der Waals surface area contributed by atoms with Gasteiger partial charge in [0.1, 0.15) is 0 Å². The van der Waals surface area contributed by atoms with Crippen LogP contribution in [-0.2, 0) is 9.53 Å². The van der Waals surface area contributed by atoms with Crippen molar-refractivity contribution in [3.63, 3.8) is 0 Å². The van der Waals surface area contributed by atoms with E-state index in [4.69, 9.17) is 4.74 Å². The number of hydrogen-bond donors (Lipinski definition) is 0. The molecule has 4 nitrogen and oxygen atoms in total. The molecule has 4 heteroatoms. The Morgan fingerprint density at radius 1 is 0.839 bits per heavy atom. The fourth-order valence-corrected chi connectivity index (χ4v) is 6.50. The summed E-state index contributed by atoms with van der Waals surface area (Å²) < 4.78 is 5.73. The molecule has 0 saturated carbocycles. The zero-order valence-corrected chi connectivity index (χ0v) is 21.6. The van der Waals surface area contributed by atoms with Gasteiger partial charge in [0.05, 0.1) is 0 Å². The Kier molecular flexibility index (Phi) is 7.84. The summed E-state index contributed by atoms with van der Waals surface area (Å²) >= 11 is 0. The van der Waals surface area contributed by atoms with E-state index in [0.717, 1.165) is 38.1 Å². The van der Waals surface area contributed by atoms with Crippen LogP contribution in [0.5, 0.6) is 0 Å². The van der Waals surface area contributed by atoms with E-state index in [1.807, 2.05) is 0 Å². The molecule has 0 bridgehead atoms. The van der Waals surface area contributed by atoms with E-state index in [0.29, 0.717) is 22.2 Å². The van der Waals surface area contributed by atoms with Crippen LogP contribution in [0.25, 0.3) is 0 Å². The van der Waals surface area contributed by atoms with Crippen LogP contribution in [0, 0.1) is 34.0 Å². The van der Waals surface area contributed by atoms with E-state index in [1.165, 1.54) is 58.0 Å². The summed E-state index contributed by atoms with van der Waals surface area (Å²) in [7, 11) is 2.29. The molecule has 3 fully saturated rings. The lowest BCUT2D eigenvalue weighted by Crippen LogP contribution is -2.36. The second-order valence-electron chi connectivity index (χ2n) is 12.9. The van der Waals surface area contributed by atoms with Crippen molar-refractivity contribution >= 4 is 5.91 Å². The maximum absolute atomic E-state index is 11.8. The number of ether oxygens (including phenoxy) is 1. The number of rotatable bonds is 9. The van der Waals surface area contributed by atoms with Crippen LogP contribution in [0.15, 0.2) is 0 Å². The first-order valence-corrected chi connectivity index (χ1v) is 12.9. The molecule has 0 aromatic rings. The highest BCUT2D eigenvalue weighted by atomic mass is 16.5. The molecule has 3 saturated heterocycles. The maximum Gasteiger partial charge on any atom is 0.219 e. The summed E-state index contributed by atoms with van der Waals surface area (Å²) in [5.41, 5.74) is 1.06. The van der Waals surface area contributed by atoms with E-state index in [9.17, 15) is 4.79 Å². The standard InChI is InChI=1S/C27H50N2O2/c1-21(30)29-16-9-22(19-29)25(2,3)11-13-27(6,23-8-15-28(7)18-23)14-12-26(4,5)24-10-17-31-20-24/h22-24H,8-20H2,1-7H3. The van der Waals surface area contributed by atoms with Gasteiger partial charge in [0.25, 0.3) is 0 Å². The van der Waals surface area contributed by atoms with Crippen molar-refractivity contribution in [1.29, 1.82) is 0 Å². The average molecular weight is 435 g/mol. The van der Waals surface area contributed by atoms with Crippen molar-refractivity contribution in [2.45, 2.75) is 86.5 Å². The zero-order valence-electron chi connectivity index (χ0n) is 21.6. The van der Waals surface area contributed by atoms with Crippen LogP contribution >= 0.6 is 0 Å². The topological polar surface area (TPSA) is 32.8 Å².